The van der Waals surface area contributed by atoms with Gasteiger partial charge in [0, 0.05) is 25.7 Å². The number of carbonyl (C=O) groups excluding carboxylic acids is 4. The minimum atomic E-state index is -4.98. The Morgan fingerprint density at radius 3 is 0.824 bits per heavy atom. The van der Waals surface area contributed by atoms with Crippen LogP contribution in [0.5, 0.6) is 0 Å². The lowest BCUT2D eigenvalue weighted by atomic mass is 10.0. The van der Waals surface area contributed by atoms with E-state index in [-0.39, 0.29) is 25.7 Å². The summed E-state index contributed by atoms with van der Waals surface area (Å²) in [6.45, 7) is 4.60. The Kier molecular flexibility index (Phi) is 71.8. The highest BCUT2D eigenvalue weighted by molar-refractivity contribution is 7.47. The first-order valence-electron chi connectivity index (χ1n) is 40.1. The SMILES string of the molecule is CC/C=C\C/C=C\C/C=C\C/C=C\CCCCCCCCC(=O)OCC(COP(=O)(O)OCC(O)COP(=O)(O)OCC(COC(=O)CCCCCC/C=C\C/C=C\C/C=C\C/C=C\CC)OC(=O)CCCCCCC/C=C\CCCC)OC(=O)CCCCCCCCCCCCCCCCC. The van der Waals surface area contributed by atoms with Crippen molar-refractivity contribution in [1.29, 1.82) is 0 Å². The molecule has 0 aromatic carbocycles. The Balaban J connectivity index is 5.34. The first kappa shape index (κ1) is 97.7. The zero-order chi connectivity index (χ0) is 74.6. The van der Waals surface area contributed by atoms with E-state index in [2.05, 4.69) is 137 Å². The van der Waals surface area contributed by atoms with Gasteiger partial charge in [0.1, 0.15) is 19.3 Å². The lowest BCUT2D eigenvalue weighted by molar-refractivity contribution is -0.161. The number of phosphoric acid groups is 2. The van der Waals surface area contributed by atoms with Gasteiger partial charge < -0.3 is 33.8 Å². The van der Waals surface area contributed by atoms with Gasteiger partial charge in [0.25, 0.3) is 0 Å². The normalized spacial score (nSPS) is 14.5. The molecule has 0 fully saturated rings. The fraction of sp³-hybridized carbons (Fsp3) is 0.735. The van der Waals surface area contributed by atoms with Crippen molar-refractivity contribution in [3.63, 3.8) is 0 Å². The van der Waals surface area contributed by atoms with Gasteiger partial charge in [-0.25, -0.2) is 9.13 Å². The van der Waals surface area contributed by atoms with Crippen molar-refractivity contribution in [2.24, 2.45) is 0 Å². The van der Waals surface area contributed by atoms with E-state index in [0.29, 0.717) is 25.7 Å². The maximum atomic E-state index is 13.1. The van der Waals surface area contributed by atoms with Crippen molar-refractivity contribution in [1.82, 2.24) is 0 Å². The molecule has 0 saturated heterocycles. The van der Waals surface area contributed by atoms with Crippen LogP contribution in [0.4, 0.5) is 0 Å². The van der Waals surface area contributed by atoms with Crippen LogP contribution in [0.3, 0.4) is 0 Å². The fourth-order valence-corrected chi connectivity index (χ4v) is 12.2. The Morgan fingerprint density at radius 2 is 0.520 bits per heavy atom. The molecule has 588 valence electrons. The summed E-state index contributed by atoms with van der Waals surface area (Å²) >= 11 is 0. The van der Waals surface area contributed by atoms with E-state index >= 15 is 0 Å². The molecule has 5 unspecified atom stereocenters. The second-order valence-corrected chi connectivity index (χ2v) is 29.5. The standard InChI is InChI=1S/C83H144O17P2/c1-5-9-13-17-21-25-29-32-35-37-38-40-43-45-49-52-56-60-64-68-81(86)94-74-79(100-83(88)70-66-62-58-54-50-46-41-34-31-27-23-19-15-11-7-3)76-98-102(91,92)96-72-77(84)71-95-101(89,90)97-75-78(99-82(87)69-65-61-57-53-47-28-24-20-16-12-8-4)73-93-80(85)67-63-59-55-51-48-44-42-39-36-33-30-26-22-18-14-10-6-2/h9-10,13-14,20-22,24-26,32-33,35-36,38,40,42,44,77-79,84H,5-8,11-12,15-19,23,27-31,34,37,39,41,43,45-76H2,1-4H3,(H,89,90)(H,91,92)/b13-9-,14-10-,24-20-,25-21-,26-22-,35-32-,36-33-,40-38-,44-42-. The number of aliphatic hydroxyl groups excluding tert-OH is 1. The van der Waals surface area contributed by atoms with Crippen LogP contribution in [-0.4, -0.2) is 96.7 Å². The summed E-state index contributed by atoms with van der Waals surface area (Å²) in [5.74, 6) is -2.21. The summed E-state index contributed by atoms with van der Waals surface area (Å²) in [5, 5.41) is 10.6. The van der Waals surface area contributed by atoms with E-state index in [1.54, 1.807) is 0 Å². The molecule has 0 aliphatic carbocycles. The van der Waals surface area contributed by atoms with Gasteiger partial charge in [-0.3, -0.25) is 37.3 Å². The van der Waals surface area contributed by atoms with E-state index in [1.165, 1.54) is 77.0 Å². The first-order chi connectivity index (χ1) is 49.7. The molecule has 0 amide bonds. The van der Waals surface area contributed by atoms with Crippen LogP contribution in [0, 0.1) is 0 Å². The topological polar surface area (TPSA) is 237 Å². The zero-order valence-electron chi connectivity index (χ0n) is 64.3. The number of carbonyl (C=O) groups is 4. The molecule has 0 heterocycles. The average molecular weight is 1480 g/mol. The third-order valence-electron chi connectivity index (χ3n) is 16.7. The smallest absolute Gasteiger partial charge is 0.462 e. The molecule has 19 heteroatoms. The number of esters is 4. The Bertz CT molecular complexity index is 2360. The molecule has 0 aromatic rings. The molecule has 0 spiro atoms. The molecular weight excluding hydrogens is 1330 g/mol. The van der Waals surface area contributed by atoms with Gasteiger partial charge in [-0.2, -0.15) is 0 Å². The summed E-state index contributed by atoms with van der Waals surface area (Å²) in [6.07, 6.45) is 80.7. The van der Waals surface area contributed by atoms with Crippen molar-refractivity contribution in [3.05, 3.63) is 109 Å². The number of rotatable bonds is 75. The summed E-state index contributed by atoms with van der Waals surface area (Å²) < 4.78 is 68.6. The lowest BCUT2D eigenvalue weighted by Gasteiger charge is -2.21. The minimum Gasteiger partial charge on any atom is -0.462 e. The Morgan fingerprint density at radius 1 is 0.284 bits per heavy atom. The van der Waals surface area contributed by atoms with Crippen LogP contribution in [-0.2, 0) is 65.4 Å². The lowest BCUT2D eigenvalue weighted by Crippen LogP contribution is -2.30. The molecule has 3 N–H and O–H groups in total. The third kappa shape index (κ3) is 74.0. The van der Waals surface area contributed by atoms with Gasteiger partial charge in [-0.15, -0.1) is 0 Å². The molecule has 0 rings (SSSR count). The Labute approximate surface area is 619 Å². The third-order valence-corrected chi connectivity index (χ3v) is 18.6. The van der Waals surface area contributed by atoms with Gasteiger partial charge in [0.15, 0.2) is 12.2 Å². The van der Waals surface area contributed by atoms with Gasteiger partial charge >= 0.3 is 39.5 Å². The molecule has 0 aromatic heterocycles. The molecule has 5 atom stereocenters. The van der Waals surface area contributed by atoms with E-state index in [9.17, 15) is 43.2 Å². The highest BCUT2D eigenvalue weighted by Crippen LogP contribution is 2.45. The van der Waals surface area contributed by atoms with Gasteiger partial charge in [0.2, 0.25) is 0 Å². The summed E-state index contributed by atoms with van der Waals surface area (Å²) in [7, 11) is -9.96. The van der Waals surface area contributed by atoms with Crippen LogP contribution in [0.25, 0.3) is 0 Å². The number of unbranched alkanes of at least 4 members (excludes halogenated alkanes) is 31. The quantitative estimate of drug-likeness (QED) is 0.0169. The molecule has 102 heavy (non-hydrogen) atoms. The second-order valence-electron chi connectivity index (χ2n) is 26.6. The molecule has 0 aliphatic rings. The average Bonchev–Trinajstić information content (AvgIpc) is 0.939. The number of aliphatic hydroxyl groups is 1. The summed E-state index contributed by atoms with van der Waals surface area (Å²) in [4.78, 5) is 73.0. The molecular formula is C83H144O17P2. The van der Waals surface area contributed by atoms with Crippen molar-refractivity contribution in [3.8, 4) is 0 Å². The summed E-state index contributed by atoms with van der Waals surface area (Å²) in [6, 6.07) is 0. The largest absolute Gasteiger partial charge is 0.472 e. The molecule has 0 radical (unpaired) electrons. The molecule has 0 aliphatic heterocycles. The zero-order valence-corrected chi connectivity index (χ0v) is 66.0. The van der Waals surface area contributed by atoms with Crippen LogP contribution in [0.2, 0.25) is 0 Å². The van der Waals surface area contributed by atoms with Crippen LogP contribution < -0.4 is 0 Å². The molecule has 17 nitrogen and oxygen atoms in total. The predicted octanol–water partition coefficient (Wildman–Crippen LogP) is 23.3. The van der Waals surface area contributed by atoms with E-state index in [1.807, 2.05) is 0 Å². The number of allylic oxidation sites excluding steroid dienone is 18. The first-order valence-corrected chi connectivity index (χ1v) is 43.1. The molecule has 0 bridgehead atoms. The number of hydrogen-bond acceptors (Lipinski definition) is 15. The monoisotopic (exact) mass is 1470 g/mol. The van der Waals surface area contributed by atoms with Gasteiger partial charge in [0.05, 0.1) is 26.4 Å². The van der Waals surface area contributed by atoms with E-state index in [4.69, 9.17) is 37.0 Å². The van der Waals surface area contributed by atoms with E-state index in [0.717, 1.165) is 180 Å². The van der Waals surface area contributed by atoms with Crippen molar-refractivity contribution >= 4 is 39.5 Å². The van der Waals surface area contributed by atoms with E-state index < -0.39 is 97.5 Å². The maximum absolute atomic E-state index is 13.1. The van der Waals surface area contributed by atoms with Crippen LogP contribution in [0.15, 0.2) is 109 Å². The van der Waals surface area contributed by atoms with Gasteiger partial charge in [-0.1, -0.05) is 298 Å². The van der Waals surface area contributed by atoms with Crippen LogP contribution >= 0.6 is 15.6 Å². The van der Waals surface area contributed by atoms with Crippen molar-refractivity contribution in [2.45, 2.75) is 354 Å². The molecule has 0 saturated carbocycles. The highest BCUT2D eigenvalue weighted by atomic mass is 31.2. The predicted molar refractivity (Wildman–Crippen MR) is 418 cm³/mol. The van der Waals surface area contributed by atoms with Crippen molar-refractivity contribution < 1.29 is 80.2 Å². The number of phosphoric ester groups is 2. The van der Waals surface area contributed by atoms with Crippen LogP contribution in [0.1, 0.15) is 336 Å². The minimum absolute atomic E-state index is 0.0783. The fourth-order valence-electron chi connectivity index (χ4n) is 10.7. The second kappa shape index (κ2) is 75.0. The van der Waals surface area contributed by atoms with Crippen molar-refractivity contribution in [2.75, 3.05) is 39.6 Å². The number of hydrogen-bond donors (Lipinski definition) is 3. The van der Waals surface area contributed by atoms with Gasteiger partial charge in [-0.05, 0) is 122 Å². The highest BCUT2D eigenvalue weighted by Gasteiger charge is 2.30. The number of ether oxygens (including phenoxy) is 4. The maximum Gasteiger partial charge on any atom is 0.472 e. The summed E-state index contributed by atoms with van der Waals surface area (Å²) in [5.41, 5.74) is 0. The Hall–Kier alpha value is -4.28.